The Morgan fingerprint density at radius 3 is 2.61 bits per heavy atom. The number of halogens is 2. The minimum Gasteiger partial charge on any atom is -0.502 e. The monoisotopic (exact) mass is 288 g/mol. The van der Waals surface area contributed by atoms with Crippen LogP contribution in [0.5, 0.6) is 0 Å². The first-order valence-corrected chi connectivity index (χ1v) is 6.07. The van der Waals surface area contributed by atoms with Crippen LogP contribution < -0.4 is 11.1 Å². The van der Waals surface area contributed by atoms with Crippen LogP contribution in [0.4, 0.5) is 5.69 Å². The second kappa shape index (κ2) is 7.13. The molecule has 0 heterocycles. The number of hydrogen-bond donors (Lipinski definition) is 2. The lowest BCUT2D eigenvalue weighted by atomic mass is 10.2. The second-order valence-electron chi connectivity index (χ2n) is 3.50. The molecule has 0 radical (unpaired) electrons. The standard InChI is InChI=1S/C12H14Cl2N2O2/c1-2-18-5-3-4-16-12(17)8-6-9(13)11(15)10(14)7-8/h2,6-7H,1,3-5,15H2,(H,16,17). The van der Waals surface area contributed by atoms with Crippen molar-refractivity contribution in [1.82, 2.24) is 5.32 Å². The highest BCUT2D eigenvalue weighted by Crippen LogP contribution is 2.28. The highest BCUT2D eigenvalue weighted by molar-refractivity contribution is 6.39. The molecule has 98 valence electrons. The first kappa shape index (κ1) is 14.7. The van der Waals surface area contributed by atoms with Crippen molar-refractivity contribution in [1.29, 1.82) is 0 Å². The van der Waals surface area contributed by atoms with Crippen molar-refractivity contribution in [2.24, 2.45) is 0 Å². The number of ether oxygens (including phenoxy) is 1. The number of nitrogen functional groups attached to an aromatic ring is 1. The molecule has 0 bridgehead atoms. The molecule has 18 heavy (non-hydrogen) atoms. The van der Waals surface area contributed by atoms with Crippen molar-refractivity contribution in [2.45, 2.75) is 6.42 Å². The topological polar surface area (TPSA) is 64.3 Å². The Balaban J connectivity index is 2.54. The van der Waals surface area contributed by atoms with E-state index in [9.17, 15) is 4.79 Å². The molecule has 0 aliphatic rings. The summed E-state index contributed by atoms with van der Waals surface area (Å²) in [5.41, 5.74) is 6.24. The maximum absolute atomic E-state index is 11.8. The van der Waals surface area contributed by atoms with Crippen LogP contribution in [0.1, 0.15) is 16.8 Å². The molecule has 0 atom stereocenters. The Bertz CT molecular complexity index is 427. The lowest BCUT2D eigenvalue weighted by Crippen LogP contribution is -2.25. The van der Waals surface area contributed by atoms with Gasteiger partial charge in [0.2, 0.25) is 0 Å². The molecule has 0 aromatic heterocycles. The number of benzene rings is 1. The first-order valence-electron chi connectivity index (χ1n) is 5.31. The van der Waals surface area contributed by atoms with Gasteiger partial charge >= 0.3 is 0 Å². The van der Waals surface area contributed by atoms with E-state index in [-0.39, 0.29) is 21.6 Å². The van der Waals surface area contributed by atoms with Gasteiger partial charge in [-0.3, -0.25) is 4.79 Å². The molecule has 0 saturated carbocycles. The second-order valence-corrected chi connectivity index (χ2v) is 4.31. The third-order valence-electron chi connectivity index (χ3n) is 2.18. The minimum atomic E-state index is -0.252. The van der Waals surface area contributed by atoms with E-state index in [2.05, 4.69) is 11.9 Å². The summed E-state index contributed by atoms with van der Waals surface area (Å²) in [6.07, 6.45) is 2.05. The van der Waals surface area contributed by atoms with E-state index in [0.717, 1.165) is 0 Å². The van der Waals surface area contributed by atoms with E-state index >= 15 is 0 Å². The van der Waals surface area contributed by atoms with Gasteiger partial charge in [-0.1, -0.05) is 29.8 Å². The van der Waals surface area contributed by atoms with Gasteiger partial charge in [-0.05, 0) is 18.6 Å². The molecular formula is C12H14Cl2N2O2. The van der Waals surface area contributed by atoms with Crippen molar-refractivity contribution >= 4 is 34.8 Å². The molecule has 0 saturated heterocycles. The summed E-state index contributed by atoms with van der Waals surface area (Å²) in [5, 5.41) is 3.25. The van der Waals surface area contributed by atoms with Crippen molar-refractivity contribution in [3.8, 4) is 0 Å². The maximum atomic E-state index is 11.8. The number of amides is 1. The molecule has 4 nitrogen and oxygen atoms in total. The molecule has 1 amide bonds. The average Bonchev–Trinajstić information content (AvgIpc) is 2.34. The number of hydrogen-bond acceptors (Lipinski definition) is 3. The maximum Gasteiger partial charge on any atom is 0.251 e. The van der Waals surface area contributed by atoms with E-state index in [0.29, 0.717) is 25.1 Å². The fraction of sp³-hybridized carbons (Fsp3) is 0.250. The summed E-state index contributed by atoms with van der Waals surface area (Å²) in [6.45, 7) is 4.42. The van der Waals surface area contributed by atoms with Crippen molar-refractivity contribution in [3.63, 3.8) is 0 Å². The van der Waals surface area contributed by atoms with Crippen LogP contribution in [-0.4, -0.2) is 19.1 Å². The number of anilines is 1. The average molecular weight is 289 g/mol. The summed E-state index contributed by atoms with van der Waals surface area (Å²) in [6, 6.07) is 2.97. The molecule has 0 aliphatic carbocycles. The SMILES string of the molecule is C=COCCCNC(=O)c1cc(Cl)c(N)c(Cl)c1. The number of nitrogens with one attached hydrogen (secondary N) is 1. The largest absolute Gasteiger partial charge is 0.502 e. The van der Waals surface area contributed by atoms with E-state index in [1.54, 1.807) is 0 Å². The quantitative estimate of drug-likeness (QED) is 0.481. The van der Waals surface area contributed by atoms with E-state index < -0.39 is 0 Å². The summed E-state index contributed by atoms with van der Waals surface area (Å²) in [5.74, 6) is -0.252. The molecule has 0 aliphatic heterocycles. The molecule has 0 fully saturated rings. The Morgan fingerprint density at radius 2 is 2.06 bits per heavy atom. The molecule has 1 rings (SSSR count). The molecule has 6 heteroatoms. The highest BCUT2D eigenvalue weighted by Gasteiger charge is 2.10. The summed E-state index contributed by atoms with van der Waals surface area (Å²) in [4.78, 5) is 11.8. The third kappa shape index (κ3) is 4.13. The third-order valence-corrected chi connectivity index (χ3v) is 2.81. The molecule has 0 unspecified atom stereocenters. The van der Waals surface area contributed by atoms with Crippen LogP contribution in [0, 0.1) is 0 Å². The van der Waals surface area contributed by atoms with E-state index in [4.69, 9.17) is 33.7 Å². The molecule has 3 N–H and O–H groups in total. The normalized spacial score (nSPS) is 9.89. The number of nitrogens with two attached hydrogens (primary N) is 1. The van der Waals surface area contributed by atoms with Gasteiger partial charge in [0, 0.05) is 12.1 Å². The van der Waals surface area contributed by atoms with Crippen LogP contribution in [0.25, 0.3) is 0 Å². The fourth-order valence-corrected chi connectivity index (χ4v) is 1.75. The highest BCUT2D eigenvalue weighted by atomic mass is 35.5. The Morgan fingerprint density at radius 1 is 1.44 bits per heavy atom. The van der Waals surface area contributed by atoms with Gasteiger partial charge in [0.05, 0.1) is 28.6 Å². The zero-order valence-corrected chi connectivity index (χ0v) is 11.2. The van der Waals surface area contributed by atoms with Crippen LogP contribution in [0.2, 0.25) is 10.0 Å². The lowest BCUT2D eigenvalue weighted by molar-refractivity contribution is 0.0950. The smallest absolute Gasteiger partial charge is 0.251 e. The number of carbonyl (C=O) groups excluding carboxylic acids is 1. The van der Waals surface area contributed by atoms with Gasteiger partial charge in [0.25, 0.3) is 5.91 Å². The molecule has 0 spiro atoms. The zero-order chi connectivity index (χ0) is 13.5. The fourth-order valence-electron chi connectivity index (χ4n) is 1.26. The molecule has 1 aromatic carbocycles. The Hall–Kier alpha value is -1.39. The summed E-state index contributed by atoms with van der Waals surface area (Å²) >= 11 is 11.7. The Kier molecular flexibility index (Phi) is 5.82. The van der Waals surface area contributed by atoms with Gasteiger partial charge in [0.15, 0.2) is 0 Å². The molecular weight excluding hydrogens is 275 g/mol. The van der Waals surface area contributed by atoms with Crippen molar-refractivity contribution in [3.05, 3.63) is 40.6 Å². The van der Waals surface area contributed by atoms with Gasteiger partial charge in [-0.2, -0.15) is 0 Å². The number of carbonyl (C=O) groups is 1. The van der Waals surface area contributed by atoms with Gasteiger partial charge in [-0.25, -0.2) is 0 Å². The predicted molar refractivity (Wildman–Crippen MR) is 74.0 cm³/mol. The van der Waals surface area contributed by atoms with Crippen LogP contribution in [0.3, 0.4) is 0 Å². The number of rotatable bonds is 6. The Labute approximate surface area is 116 Å². The van der Waals surface area contributed by atoms with Crippen LogP contribution >= 0.6 is 23.2 Å². The van der Waals surface area contributed by atoms with E-state index in [1.165, 1.54) is 18.4 Å². The molecule has 1 aromatic rings. The first-order chi connectivity index (χ1) is 8.56. The summed E-state index contributed by atoms with van der Waals surface area (Å²) < 4.78 is 4.93. The van der Waals surface area contributed by atoms with Crippen molar-refractivity contribution in [2.75, 3.05) is 18.9 Å². The van der Waals surface area contributed by atoms with Gasteiger partial charge in [0.1, 0.15) is 0 Å². The van der Waals surface area contributed by atoms with Crippen LogP contribution in [-0.2, 0) is 4.74 Å². The zero-order valence-electron chi connectivity index (χ0n) is 9.71. The van der Waals surface area contributed by atoms with Crippen LogP contribution in [0.15, 0.2) is 25.0 Å². The predicted octanol–water partition coefficient (Wildman–Crippen LogP) is 2.86. The van der Waals surface area contributed by atoms with Crippen molar-refractivity contribution < 1.29 is 9.53 Å². The van der Waals surface area contributed by atoms with E-state index in [1.807, 2.05) is 0 Å². The lowest BCUT2D eigenvalue weighted by Gasteiger charge is -2.07. The minimum absolute atomic E-state index is 0.252. The summed E-state index contributed by atoms with van der Waals surface area (Å²) in [7, 11) is 0. The van der Waals surface area contributed by atoms with Gasteiger partial charge < -0.3 is 15.8 Å². The van der Waals surface area contributed by atoms with Gasteiger partial charge in [-0.15, -0.1) is 0 Å².